The number of nitrogens with two attached hydrogens (primary N) is 1. The topological polar surface area (TPSA) is 29.3 Å². The lowest BCUT2D eigenvalue weighted by atomic mass is 10.0. The van der Waals surface area contributed by atoms with Crippen molar-refractivity contribution in [3.05, 3.63) is 28.8 Å². The zero-order valence-corrected chi connectivity index (χ0v) is 12.7. The molecule has 0 saturated heterocycles. The maximum absolute atomic E-state index is 6.13. The van der Waals surface area contributed by atoms with Crippen LogP contribution in [0.4, 0.5) is 5.69 Å². The zero-order valence-electron chi connectivity index (χ0n) is 11.9. The standard InChI is InChI=1S/C15H25ClN2/c1-5-18(10-11(2)3)15-9-14(16)7-6-13(15)8-12(4)17/h6-7,9,11-12H,5,8,10,17H2,1-4H3. The Hall–Kier alpha value is -0.730. The first-order valence-electron chi connectivity index (χ1n) is 6.73. The van der Waals surface area contributed by atoms with Gasteiger partial charge in [0.15, 0.2) is 0 Å². The van der Waals surface area contributed by atoms with E-state index >= 15 is 0 Å². The van der Waals surface area contributed by atoms with Gasteiger partial charge in [-0.2, -0.15) is 0 Å². The van der Waals surface area contributed by atoms with Crippen molar-refractivity contribution in [3.63, 3.8) is 0 Å². The van der Waals surface area contributed by atoms with Gasteiger partial charge < -0.3 is 10.6 Å². The van der Waals surface area contributed by atoms with E-state index in [0.717, 1.165) is 24.5 Å². The molecule has 1 unspecified atom stereocenters. The second-order valence-electron chi connectivity index (χ2n) is 5.39. The molecule has 0 aliphatic rings. The van der Waals surface area contributed by atoms with Crippen LogP contribution in [-0.2, 0) is 6.42 Å². The molecule has 2 nitrogen and oxygen atoms in total. The lowest BCUT2D eigenvalue weighted by molar-refractivity contribution is 0.615. The van der Waals surface area contributed by atoms with Gasteiger partial charge in [-0.3, -0.25) is 0 Å². The Bertz CT molecular complexity index is 375. The summed E-state index contributed by atoms with van der Waals surface area (Å²) in [5.74, 6) is 0.632. The van der Waals surface area contributed by atoms with Crippen molar-refractivity contribution in [2.75, 3.05) is 18.0 Å². The van der Waals surface area contributed by atoms with Gasteiger partial charge in [0, 0.05) is 29.8 Å². The summed E-state index contributed by atoms with van der Waals surface area (Å²) in [4.78, 5) is 2.38. The molecule has 0 aliphatic carbocycles. The Morgan fingerprint density at radius 1 is 1.28 bits per heavy atom. The van der Waals surface area contributed by atoms with Crippen LogP contribution in [0.15, 0.2) is 18.2 Å². The van der Waals surface area contributed by atoms with Crippen LogP contribution in [-0.4, -0.2) is 19.1 Å². The monoisotopic (exact) mass is 268 g/mol. The number of benzene rings is 1. The highest BCUT2D eigenvalue weighted by atomic mass is 35.5. The molecule has 0 heterocycles. The van der Waals surface area contributed by atoms with Crippen LogP contribution in [0.5, 0.6) is 0 Å². The molecule has 2 N–H and O–H groups in total. The molecule has 0 bridgehead atoms. The van der Waals surface area contributed by atoms with Crippen molar-refractivity contribution in [1.82, 2.24) is 0 Å². The first-order valence-corrected chi connectivity index (χ1v) is 7.10. The number of hydrogen-bond donors (Lipinski definition) is 1. The highest BCUT2D eigenvalue weighted by Gasteiger charge is 2.13. The molecule has 0 saturated carbocycles. The van der Waals surface area contributed by atoms with E-state index in [4.69, 9.17) is 17.3 Å². The molecule has 0 fully saturated rings. The molecule has 18 heavy (non-hydrogen) atoms. The second-order valence-corrected chi connectivity index (χ2v) is 5.82. The molecular weight excluding hydrogens is 244 g/mol. The normalized spacial score (nSPS) is 12.8. The van der Waals surface area contributed by atoms with Crippen LogP contribution in [0.3, 0.4) is 0 Å². The van der Waals surface area contributed by atoms with Gasteiger partial charge in [-0.15, -0.1) is 0 Å². The van der Waals surface area contributed by atoms with Crippen molar-refractivity contribution in [1.29, 1.82) is 0 Å². The highest BCUT2D eigenvalue weighted by molar-refractivity contribution is 6.30. The van der Waals surface area contributed by atoms with E-state index in [0.29, 0.717) is 5.92 Å². The van der Waals surface area contributed by atoms with Crippen molar-refractivity contribution < 1.29 is 0 Å². The quantitative estimate of drug-likeness (QED) is 0.852. The molecule has 3 heteroatoms. The second kappa shape index (κ2) is 7.01. The molecule has 1 aromatic carbocycles. The summed E-state index contributed by atoms with van der Waals surface area (Å²) in [6.07, 6.45) is 0.890. The third-order valence-electron chi connectivity index (χ3n) is 2.90. The van der Waals surface area contributed by atoms with E-state index in [1.807, 2.05) is 13.0 Å². The number of halogens is 1. The van der Waals surface area contributed by atoms with Crippen LogP contribution in [0.25, 0.3) is 0 Å². The largest absolute Gasteiger partial charge is 0.371 e. The lowest BCUT2D eigenvalue weighted by Crippen LogP contribution is -2.29. The Morgan fingerprint density at radius 2 is 1.94 bits per heavy atom. The maximum Gasteiger partial charge on any atom is 0.0426 e. The minimum Gasteiger partial charge on any atom is -0.371 e. The molecule has 1 aromatic rings. The van der Waals surface area contributed by atoms with Crippen molar-refractivity contribution in [2.45, 2.75) is 40.2 Å². The number of anilines is 1. The van der Waals surface area contributed by atoms with E-state index in [-0.39, 0.29) is 6.04 Å². The summed E-state index contributed by atoms with van der Waals surface area (Å²) in [5, 5.41) is 0.792. The Morgan fingerprint density at radius 3 is 2.44 bits per heavy atom. The molecule has 102 valence electrons. The molecule has 0 amide bonds. The Labute approximate surface area is 116 Å². The van der Waals surface area contributed by atoms with Crippen LogP contribution in [0, 0.1) is 5.92 Å². The SMILES string of the molecule is CCN(CC(C)C)c1cc(Cl)ccc1CC(C)N. The van der Waals surface area contributed by atoms with Crippen molar-refractivity contribution >= 4 is 17.3 Å². The lowest BCUT2D eigenvalue weighted by Gasteiger charge is -2.28. The number of rotatable bonds is 6. The van der Waals surface area contributed by atoms with E-state index < -0.39 is 0 Å². The first kappa shape index (κ1) is 15.3. The smallest absolute Gasteiger partial charge is 0.0426 e. The van der Waals surface area contributed by atoms with Crippen molar-refractivity contribution in [3.8, 4) is 0 Å². The number of hydrogen-bond acceptors (Lipinski definition) is 2. The van der Waals surface area contributed by atoms with Gasteiger partial charge in [-0.1, -0.05) is 31.5 Å². The number of nitrogens with zero attached hydrogens (tertiary/aromatic N) is 1. The predicted molar refractivity (Wildman–Crippen MR) is 81.5 cm³/mol. The third kappa shape index (κ3) is 4.51. The van der Waals surface area contributed by atoms with Gasteiger partial charge in [0.2, 0.25) is 0 Å². The highest BCUT2D eigenvalue weighted by Crippen LogP contribution is 2.26. The maximum atomic E-state index is 6.13. The van der Waals surface area contributed by atoms with Gasteiger partial charge in [0.25, 0.3) is 0 Å². The van der Waals surface area contributed by atoms with E-state index in [2.05, 4.69) is 37.8 Å². The molecule has 0 spiro atoms. The zero-order chi connectivity index (χ0) is 13.7. The molecular formula is C15H25ClN2. The average molecular weight is 269 g/mol. The third-order valence-corrected chi connectivity index (χ3v) is 3.13. The molecule has 0 aliphatic heterocycles. The Kier molecular flexibility index (Phi) is 5.97. The minimum absolute atomic E-state index is 0.169. The van der Waals surface area contributed by atoms with Gasteiger partial charge in [-0.25, -0.2) is 0 Å². The fraction of sp³-hybridized carbons (Fsp3) is 0.600. The predicted octanol–water partition coefficient (Wildman–Crippen LogP) is 3.71. The summed E-state index contributed by atoms with van der Waals surface area (Å²) in [5.41, 5.74) is 8.44. The fourth-order valence-electron chi connectivity index (χ4n) is 2.19. The van der Waals surface area contributed by atoms with E-state index in [1.165, 1.54) is 11.3 Å². The van der Waals surface area contributed by atoms with Crippen LogP contribution in [0.1, 0.15) is 33.3 Å². The Balaban J connectivity index is 3.05. The van der Waals surface area contributed by atoms with E-state index in [9.17, 15) is 0 Å². The van der Waals surface area contributed by atoms with Crippen LogP contribution in [0.2, 0.25) is 5.02 Å². The summed E-state index contributed by atoms with van der Waals surface area (Å²) in [6.45, 7) is 10.7. The molecule has 0 aromatic heterocycles. The fourth-order valence-corrected chi connectivity index (χ4v) is 2.36. The van der Waals surface area contributed by atoms with Gasteiger partial charge in [0.05, 0.1) is 0 Å². The van der Waals surface area contributed by atoms with Gasteiger partial charge >= 0.3 is 0 Å². The van der Waals surface area contributed by atoms with Crippen molar-refractivity contribution in [2.24, 2.45) is 11.7 Å². The van der Waals surface area contributed by atoms with Gasteiger partial charge in [-0.05, 0) is 43.9 Å². The molecule has 1 rings (SSSR count). The summed E-state index contributed by atoms with van der Waals surface area (Å²) in [7, 11) is 0. The summed E-state index contributed by atoms with van der Waals surface area (Å²) >= 11 is 6.13. The van der Waals surface area contributed by atoms with E-state index in [1.54, 1.807) is 0 Å². The summed E-state index contributed by atoms with van der Waals surface area (Å²) < 4.78 is 0. The first-order chi connectivity index (χ1) is 8.43. The average Bonchev–Trinajstić information content (AvgIpc) is 2.27. The van der Waals surface area contributed by atoms with Gasteiger partial charge in [0.1, 0.15) is 0 Å². The molecule has 0 radical (unpaired) electrons. The molecule has 1 atom stereocenters. The van der Waals surface area contributed by atoms with Crippen LogP contribution >= 0.6 is 11.6 Å². The minimum atomic E-state index is 0.169. The van der Waals surface area contributed by atoms with Crippen LogP contribution < -0.4 is 10.6 Å². The summed E-state index contributed by atoms with van der Waals surface area (Å²) in [6, 6.07) is 6.28.